The van der Waals surface area contributed by atoms with E-state index in [1.54, 1.807) is 11.0 Å². The number of allylic oxidation sites excluding steroid dienone is 1. The Bertz CT molecular complexity index is 2560. The van der Waals surface area contributed by atoms with Crippen molar-refractivity contribution in [2.75, 3.05) is 55.6 Å². The number of rotatable bonds is 7. The van der Waals surface area contributed by atoms with Crippen LogP contribution in [0.25, 0.3) is 22.0 Å². The van der Waals surface area contributed by atoms with Crippen molar-refractivity contribution in [2.24, 2.45) is 5.92 Å². The molecule has 1 atom stereocenters. The molecule has 4 aliphatic heterocycles. The van der Waals surface area contributed by atoms with Gasteiger partial charge in [0.05, 0.1) is 10.9 Å². The molecule has 1 aliphatic carbocycles. The lowest BCUT2D eigenvalue weighted by Gasteiger charge is -2.40. The number of carbonyl (C=O) groups excluding carboxylic acids is 3. The molecule has 0 saturated carbocycles. The van der Waals surface area contributed by atoms with Crippen LogP contribution in [-0.2, 0) is 22.6 Å². The number of fused-ring (bicyclic) bond motifs is 4. The maximum absolute atomic E-state index is 15.0. The number of carbonyl (C=O) groups is 3. The predicted molar refractivity (Wildman–Crippen MR) is 224 cm³/mol. The first-order valence-corrected chi connectivity index (χ1v) is 21.1. The number of aryl methyl sites for hydroxylation is 1. The average Bonchev–Trinajstić information content (AvgIpc) is 3.73. The summed E-state index contributed by atoms with van der Waals surface area (Å²) in [6.45, 7) is 7.07. The fourth-order valence-corrected chi connectivity index (χ4v) is 10.2. The Morgan fingerprint density at radius 2 is 1.43 bits per heavy atom. The lowest BCUT2D eigenvalue weighted by Crippen LogP contribution is -2.52. The average molecular weight is 814 g/mol. The fourth-order valence-electron chi connectivity index (χ4n) is 10.2. The Hall–Kier alpha value is -5.95. The van der Waals surface area contributed by atoms with Gasteiger partial charge < -0.3 is 14.7 Å². The third-order valence-corrected chi connectivity index (χ3v) is 13.4. The van der Waals surface area contributed by atoms with Crippen molar-refractivity contribution >= 4 is 51.1 Å². The number of anilines is 2. The highest BCUT2D eigenvalue weighted by molar-refractivity contribution is 6.06. The highest BCUT2D eigenvalue weighted by Crippen LogP contribution is 2.43. The number of aromatic amines is 1. The van der Waals surface area contributed by atoms with Crippen LogP contribution in [0.4, 0.5) is 24.5 Å². The second-order valence-electron chi connectivity index (χ2n) is 16.9. The second-order valence-corrected chi connectivity index (χ2v) is 16.9. The molecule has 2 N–H and O–H groups in total. The third kappa shape index (κ3) is 7.02. The number of halogens is 3. The van der Waals surface area contributed by atoms with E-state index in [0.717, 1.165) is 110 Å². The van der Waals surface area contributed by atoms with E-state index in [0.29, 0.717) is 53.8 Å². The molecule has 5 aromatic rings. The molecule has 0 radical (unpaired) electrons. The number of benzene rings is 4. The van der Waals surface area contributed by atoms with Crippen molar-refractivity contribution in [1.82, 2.24) is 25.3 Å². The molecule has 60 heavy (non-hydrogen) atoms. The number of nitrogens with one attached hydrogen (secondary N) is 2. The van der Waals surface area contributed by atoms with E-state index in [4.69, 9.17) is 0 Å². The number of aromatic nitrogens is 2. The number of piperazine rings is 1. The lowest BCUT2D eigenvalue weighted by molar-refractivity contribution is -0.136. The van der Waals surface area contributed by atoms with Crippen LogP contribution in [0.2, 0.25) is 0 Å². The van der Waals surface area contributed by atoms with Crippen molar-refractivity contribution in [2.45, 2.75) is 57.5 Å². The van der Waals surface area contributed by atoms with Gasteiger partial charge in [-0.25, -0.2) is 8.78 Å². The van der Waals surface area contributed by atoms with Gasteiger partial charge in [0.1, 0.15) is 6.04 Å². The predicted octanol–water partition coefficient (Wildman–Crippen LogP) is 7.08. The van der Waals surface area contributed by atoms with E-state index < -0.39 is 29.5 Å². The number of H-pyrrole nitrogens is 1. The zero-order chi connectivity index (χ0) is 41.1. The largest absolute Gasteiger partial charge is 0.372 e. The van der Waals surface area contributed by atoms with Gasteiger partial charge in [0, 0.05) is 75.7 Å². The monoisotopic (exact) mass is 813 g/mol. The van der Waals surface area contributed by atoms with E-state index in [9.17, 15) is 23.2 Å². The summed E-state index contributed by atoms with van der Waals surface area (Å²) in [6, 6.07) is 21.8. The van der Waals surface area contributed by atoms with E-state index in [1.165, 1.54) is 12.1 Å². The van der Waals surface area contributed by atoms with Crippen molar-refractivity contribution in [3.05, 3.63) is 124 Å². The molecule has 13 heteroatoms. The topological polar surface area (TPSA) is 105 Å². The van der Waals surface area contributed by atoms with Crippen LogP contribution in [0.15, 0.2) is 72.8 Å². The normalized spacial score (nSPS) is 20.5. The second kappa shape index (κ2) is 15.6. The minimum atomic E-state index is -0.890. The van der Waals surface area contributed by atoms with Gasteiger partial charge in [0.2, 0.25) is 17.8 Å². The summed E-state index contributed by atoms with van der Waals surface area (Å²) >= 11 is 0. The van der Waals surface area contributed by atoms with Crippen LogP contribution < -0.4 is 15.1 Å². The van der Waals surface area contributed by atoms with Crippen LogP contribution in [0, 0.1) is 23.5 Å². The SMILES string of the molecule is O=C1CC[C@H](N2Cc3cc(N4CCN(CC5CCN(c6ccc(C7=C(c8ccc(F)c(F)c8)CCCc8c7ccc7[nH]nc(F)c87)cc6)CC5)CC4)ccc3C2=O)C(=O)N1. The number of hydrogen-bond acceptors (Lipinski definition) is 7. The Labute approximate surface area is 346 Å². The minimum absolute atomic E-state index is 0.149. The van der Waals surface area contributed by atoms with E-state index in [2.05, 4.69) is 60.5 Å². The molecule has 3 amide bonds. The van der Waals surface area contributed by atoms with Gasteiger partial charge in [-0.05, 0) is 132 Å². The van der Waals surface area contributed by atoms with Gasteiger partial charge in [-0.2, -0.15) is 4.39 Å². The molecule has 0 spiro atoms. The fraction of sp³-hybridized carbons (Fsp3) is 0.362. The maximum atomic E-state index is 15.0. The first-order valence-electron chi connectivity index (χ1n) is 21.1. The van der Waals surface area contributed by atoms with Gasteiger partial charge in [0.15, 0.2) is 11.6 Å². The van der Waals surface area contributed by atoms with E-state index in [1.807, 2.05) is 24.3 Å². The first kappa shape index (κ1) is 38.3. The van der Waals surface area contributed by atoms with Crippen LogP contribution in [0.5, 0.6) is 0 Å². The van der Waals surface area contributed by atoms with Crippen LogP contribution >= 0.6 is 0 Å². The van der Waals surface area contributed by atoms with E-state index in [-0.39, 0.29) is 18.2 Å². The maximum Gasteiger partial charge on any atom is 0.255 e. The van der Waals surface area contributed by atoms with Gasteiger partial charge in [0.25, 0.3) is 5.91 Å². The van der Waals surface area contributed by atoms with Gasteiger partial charge in [-0.1, -0.05) is 24.3 Å². The molecule has 1 aromatic heterocycles. The summed E-state index contributed by atoms with van der Waals surface area (Å²) in [5.41, 5.74) is 9.58. The highest BCUT2D eigenvalue weighted by Gasteiger charge is 2.39. The zero-order valence-electron chi connectivity index (χ0n) is 33.3. The number of nitrogens with zero attached hydrogens (tertiary/aromatic N) is 5. The summed E-state index contributed by atoms with van der Waals surface area (Å²) in [5.74, 6) is -2.54. The van der Waals surface area contributed by atoms with Gasteiger partial charge >= 0.3 is 0 Å². The van der Waals surface area contributed by atoms with Crippen molar-refractivity contribution in [3.8, 4) is 0 Å². The molecule has 308 valence electrons. The van der Waals surface area contributed by atoms with Crippen molar-refractivity contribution in [1.29, 1.82) is 0 Å². The first-order chi connectivity index (χ1) is 29.2. The molecule has 4 aromatic carbocycles. The molecule has 10 nitrogen and oxygen atoms in total. The lowest BCUT2D eigenvalue weighted by atomic mass is 9.87. The van der Waals surface area contributed by atoms with Crippen LogP contribution in [-0.4, -0.2) is 89.6 Å². The highest BCUT2D eigenvalue weighted by atomic mass is 19.2. The summed E-state index contributed by atoms with van der Waals surface area (Å²) in [4.78, 5) is 46.3. The number of amides is 3. The summed E-state index contributed by atoms with van der Waals surface area (Å²) < 4.78 is 43.7. The standard InChI is InChI=1S/C47H46F3N7O3/c48-38-12-6-30(25-39(38)49)34-2-1-3-36-37(11-13-40-44(36)45(50)53-52-40)43(34)29-4-7-32(8-5-29)55-18-16-28(17-19-55)26-54-20-22-56(23-21-54)33-9-10-35-31(24-33)27-57(47(35)60)41-14-15-42(58)51-46(41)59/h4-13,24-25,28,41H,1-3,14-23,26-27H2,(H,52,53)(H,51,58,59)/t41-/m0/s1. The number of piperidine rings is 2. The molecular formula is C47H46F3N7O3. The van der Waals surface area contributed by atoms with Crippen LogP contribution in [0.1, 0.15) is 76.7 Å². The third-order valence-electron chi connectivity index (χ3n) is 13.4. The molecule has 3 saturated heterocycles. The number of hydrogen-bond donors (Lipinski definition) is 2. The van der Waals surface area contributed by atoms with Crippen molar-refractivity contribution < 1.29 is 27.6 Å². The smallest absolute Gasteiger partial charge is 0.255 e. The molecular weight excluding hydrogens is 768 g/mol. The molecule has 10 rings (SSSR count). The Balaban J connectivity index is 0.778. The van der Waals surface area contributed by atoms with Crippen LogP contribution in [0.3, 0.4) is 0 Å². The Kier molecular flexibility index (Phi) is 9.94. The van der Waals surface area contributed by atoms with Gasteiger partial charge in [-0.15, -0.1) is 5.10 Å². The van der Waals surface area contributed by atoms with E-state index >= 15 is 4.39 Å². The Morgan fingerprint density at radius 3 is 2.20 bits per heavy atom. The molecule has 5 aliphatic rings. The molecule has 0 bridgehead atoms. The summed E-state index contributed by atoms with van der Waals surface area (Å²) in [7, 11) is 0. The molecule has 3 fully saturated rings. The molecule has 0 unspecified atom stereocenters. The minimum Gasteiger partial charge on any atom is -0.372 e. The number of imide groups is 1. The summed E-state index contributed by atoms with van der Waals surface area (Å²) in [6.07, 6.45) is 4.77. The Morgan fingerprint density at radius 1 is 0.700 bits per heavy atom. The summed E-state index contributed by atoms with van der Waals surface area (Å²) in [5, 5.41) is 9.50. The molecule has 5 heterocycles. The quantitative estimate of drug-likeness (QED) is 0.170. The zero-order valence-corrected chi connectivity index (χ0v) is 33.3. The van der Waals surface area contributed by atoms with Crippen molar-refractivity contribution in [3.63, 3.8) is 0 Å². The van der Waals surface area contributed by atoms with Gasteiger partial charge in [-0.3, -0.25) is 29.7 Å².